The van der Waals surface area contributed by atoms with Gasteiger partial charge in [0.2, 0.25) is 0 Å². The molecule has 0 aromatic heterocycles. The van der Waals surface area contributed by atoms with Crippen molar-refractivity contribution in [3.8, 4) is 0 Å². The lowest BCUT2D eigenvalue weighted by atomic mass is 10.0. The van der Waals surface area contributed by atoms with Gasteiger partial charge in [0.25, 0.3) is 0 Å². The number of hydrogen-bond donors (Lipinski definition) is 1. The predicted octanol–water partition coefficient (Wildman–Crippen LogP) is 2.85. The molecular weight excluding hydrogens is 261 g/mol. The highest BCUT2D eigenvalue weighted by Gasteiger charge is 2.19. The average molecular weight is 281 g/mol. The van der Waals surface area contributed by atoms with Crippen LogP contribution in [0.2, 0.25) is 0 Å². The number of amides is 1. The summed E-state index contributed by atoms with van der Waals surface area (Å²) in [4.78, 5) is 22.4. The van der Waals surface area contributed by atoms with Crippen LogP contribution in [-0.4, -0.2) is 24.0 Å². The van der Waals surface area contributed by atoms with Crippen molar-refractivity contribution in [3.63, 3.8) is 0 Å². The molecule has 0 fully saturated rings. The first-order valence-electron chi connectivity index (χ1n) is 6.48. The Hall–Kier alpha value is -1.91. The fourth-order valence-electron chi connectivity index (χ4n) is 1.69. The van der Waals surface area contributed by atoms with Crippen molar-refractivity contribution in [3.05, 3.63) is 35.6 Å². The second-order valence-corrected chi connectivity index (χ2v) is 5.58. The standard InChI is InChI=1S/C15H20FNO3/c1-15(2,3)20-14(19)17-13(8-9-18)10-11-4-6-12(16)7-5-11/h4-7,9,13H,8,10H2,1-3H3,(H,17,19). The van der Waals surface area contributed by atoms with E-state index in [0.29, 0.717) is 6.42 Å². The Morgan fingerprint density at radius 2 is 1.95 bits per heavy atom. The SMILES string of the molecule is CC(C)(C)OC(=O)NC(CC=O)Cc1ccc(F)cc1. The van der Waals surface area contributed by atoms with Gasteiger partial charge in [-0.3, -0.25) is 0 Å². The maximum Gasteiger partial charge on any atom is 0.407 e. The van der Waals surface area contributed by atoms with Gasteiger partial charge in [-0.05, 0) is 44.9 Å². The van der Waals surface area contributed by atoms with E-state index in [1.165, 1.54) is 12.1 Å². The van der Waals surface area contributed by atoms with Crippen LogP contribution in [0, 0.1) is 5.82 Å². The van der Waals surface area contributed by atoms with Crippen LogP contribution in [-0.2, 0) is 16.0 Å². The van der Waals surface area contributed by atoms with E-state index in [0.717, 1.165) is 11.8 Å². The van der Waals surface area contributed by atoms with Crippen LogP contribution >= 0.6 is 0 Å². The van der Waals surface area contributed by atoms with Gasteiger partial charge in [0, 0.05) is 12.5 Å². The zero-order chi connectivity index (χ0) is 15.2. The van der Waals surface area contributed by atoms with Gasteiger partial charge in [-0.15, -0.1) is 0 Å². The lowest BCUT2D eigenvalue weighted by molar-refractivity contribution is -0.108. The lowest BCUT2D eigenvalue weighted by Crippen LogP contribution is -2.40. The molecule has 1 unspecified atom stereocenters. The summed E-state index contributed by atoms with van der Waals surface area (Å²) in [7, 11) is 0. The Balaban J connectivity index is 2.62. The van der Waals surface area contributed by atoms with E-state index < -0.39 is 11.7 Å². The summed E-state index contributed by atoms with van der Waals surface area (Å²) in [6, 6.07) is 5.59. The van der Waals surface area contributed by atoms with E-state index in [-0.39, 0.29) is 18.3 Å². The van der Waals surface area contributed by atoms with E-state index in [9.17, 15) is 14.0 Å². The van der Waals surface area contributed by atoms with E-state index in [1.807, 2.05) is 0 Å². The molecule has 0 spiro atoms. The van der Waals surface area contributed by atoms with Crippen molar-refractivity contribution < 1.29 is 18.7 Å². The number of ether oxygens (including phenoxy) is 1. The number of benzene rings is 1. The smallest absolute Gasteiger partial charge is 0.407 e. The normalized spacial score (nSPS) is 12.6. The zero-order valence-corrected chi connectivity index (χ0v) is 12.0. The number of nitrogens with one attached hydrogen (secondary N) is 1. The molecule has 110 valence electrons. The number of halogens is 1. The summed E-state index contributed by atoms with van der Waals surface area (Å²) in [5, 5.41) is 2.65. The van der Waals surface area contributed by atoms with Crippen LogP contribution in [0.25, 0.3) is 0 Å². The summed E-state index contributed by atoms with van der Waals surface area (Å²) in [5.74, 6) is -0.319. The molecule has 1 aromatic rings. The second kappa shape index (κ2) is 7.03. The van der Waals surface area contributed by atoms with Gasteiger partial charge >= 0.3 is 6.09 Å². The van der Waals surface area contributed by atoms with Gasteiger partial charge in [0.1, 0.15) is 17.7 Å². The largest absolute Gasteiger partial charge is 0.444 e. The van der Waals surface area contributed by atoms with Crippen molar-refractivity contribution in [1.29, 1.82) is 0 Å². The van der Waals surface area contributed by atoms with Gasteiger partial charge in [-0.25, -0.2) is 9.18 Å². The Kier molecular flexibility index (Phi) is 5.67. The summed E-state index contributed by atoms with van der Waals surface area (Å²) < 4.78 is 18.0. The van der Waals surface area contributed by atoms with Gasteiger partial charge in [-0.1, -0.05) is 12.1 Å². The predicted molar refractivity (Wildman–Crippen MR) is 73.9 cm³/mol. The number of hydrogen-bond acceptors (Lipinski definition) is 3. The molecule has 1 aromatic carbocycles. The Morgan fingerprint density at radius 3 is 2.45 bits per heavy atom. The summed E-state index contributed by atoms with van der Waals surface area (Å²) in [6.07, 6.45) is 0.798. The molecule has 4 nitrogen and oxygen atoms in total. The monoisotopic (exact) mass is 281 g/mol. The van der Waals surface area contributed by atoms with Crippen molar-refractivity contribution in [2.45, 2.75) is 45.3 Å². The topological polar surface area (TPSA) is 55.4 Å². The second-order valence-electron chi connectivity index (χ2n) is 5.58. The summed E-state index contributed by atoms with van der Waals surface area (Å²) in [5.41, 5.74) is 0.250. The summed E-state index contributed by atoms with van der Waals surface area (Å²) in [6.45, 7) is 5.30. The van der Waals surface area contributed by atoms with Crippen molar-refractivity contribution >= 4 is 12.4 Å². The highest BCUT2D eigenvalue weighted by molar-refractivity contribution is 5.68. The first-order chi connectivity index (χ1) is 9.30. The molecule has 0 heterocycles. The van der Waals surface area contributed by atoms with E-state index in [1.54, 1.807) is 32.9 Å². The number of carbonyl (C=O) groups is 2. The number of aldehydes is 1. The minimum atomic E-state index is -0.592. The van der Waals surface area contributed by atoms with Crippen molar-refractivity contribution in [2.24, 2.45) is 0 Å². The van der Waals surface area contributed by atoms with Crippen LogP contribution in [0.4, 0.5) is 9.18 Å². The highest BCUT2D eigenvalue weighted by atomic mass is 19.1. The molecule has 1 N–H and O–H groups in total. The molecule has 1 rings (SSSR count). The molecule has 1 amide bonds. The molecule has 1 atom stereocenters. The highest BCUT2D eigenvalue weighted by Crippen LogP contribution is 2.10. The van der Waals surface area contributed by atoms with Crippen LogP contribution in [0.3, 0.4) is 0 Å². The third kappa shape index (κ3) is 6.31. The molecular formula is C15H20FNO3. The molecule has 0 aliphatic heterocycles. The fraction of sp³-hybridized carbons (Fsp3) is 0.467. The maximum absolute atomic E-state index is 12.8. The molecule has 0 saturated carbocycles. The average Bonchev–Trinajstić information content (AvgIpc) is 2.30. The zero-order valence-electron chi connectivity index (χ0n) is 12.0. The molecule has 0 radical (unpaired) electrons. The Morgan fingerprint density at radius 1 is 1.35 bits per heavy atom. The Bertz CT molecular complexity index is 451. The van der Waals surface area contributed by atoms with E-state index >= 15 is 0 Å². The van der Waals surface area contributed by atoms with Gasteiger partial charge in [-0.2, -0.15) is 0 Å². The number of rotatable bonds is 5. The number of alkyl carbamates (subject to hydrolysis) is 1. The van der Waals surface area contributed by atoms with E-state index in [4.69, 9.17) is 4.74 Å². The molecule has 0 bridgehead atoms. The van der Waals surface area contributed by atoms with Crippen LogP contribution < -0.4 is 5.32 Å². The van der Waals surface area contributed by atoms with Crippen LogP contribution in [0.5, 0.6) is 0 Å². The molecule has 0 aliphatic carbocycles. The maximum atomic E-state index is 12.8. The Labute approximate surface area is 118 Å². The van der Waals surface area contributed by atoms with Crippen LogP contribution in [0.15, 0.2) is 24.3 Å². The molecule has 0 aliphatic rings. The first kappa shape index (κ1) is 16.1. The third-order valence-electron chi connectivity index (χ3n) is 2.50. The summed E-state index contributed by atoms with van der Waals surface area (Å²) >= 11 is 0. The number of carbonyl (C=O) groups excluding carboxylic acids is 2. The minimum Gasteiger partial charge on any atom is -0.444 e. The van der Waals surface area contributed by atoms with Crippen molar-refractivity contribution in [2.75, 3.05) is 0 Å². The van der Waals surface area contributed by atoms with Gasteiger partial charge < -0.3 is 14.8 Å². The van der Waals surface area contributed by atoms with Crippen LogP contribution in [0.1, 0.15) is 32.8 Å². The van der Waals surface area contributed by atoms with Crippen molar-refractivity contribution in [1.82, 2.24) is 5.32 Å². The lowest BCUT2D eigenvalue weighted by Gasteiger charge is -2.23. The van der Waals surface area contributed by atoms with Gasteiger partial charge in [0.15, 0.2) is 0 Å². The van der Waals surface area contributed by atoms with Gasteiger partial charge in [0.05, 0.1) is 0 Å². The molecule has 20 heavy (non-hydrogen) atoms. The fourth-order valence-corrected chi connectivity index (χ4v) is 1.69. The molecule has 0 saturated heterocycles. The minimum absolute atomic E-state index is 0.177. The molecule has 5 heteroatoms. The first-order valence-corrected chi connectivity index (χ1v) is 6.48. The third-order valence-corrected chi connectivity index (χ3v) is 2.50. The van der Waals surface area contributed by atoms with E-state index in [2.05, 4.69) is 5.32 Å². The quantitative estimate of drug-likeness (QED) is 0.844.